The molecule has 0 heterocycles. The summed E-state index contributed by atoms with van der Waals surface area (Å²) < 4.78 is 14.3. The molecule has 0 aliphatic rings. The third kappa shape index (κ3) is 5.31. The number of carbonyl (C=O) groups excluding carboxylic acids is 1. The first kappa shape index (κ1) is 16.2. The lowest BCUT2D eigenvalue weighted by molar-refractivity contribution is 0.0928. The molecule has 1 atom stereocenters. The van der Waals surface area contributed by atoms with Gasteiger partial charge in [-0.3, -0.25) is 4.79 Å². The zero-order valence-corrected chi connectivity index (χ0v) is 13.1. The zero-order valence-electron chi connectivity index (χ0n) is 11.5. The van der Waals surface area contributed by atoms with Gasteiger partial charge in [-0.25, -0.2) is 4.39 Å². The molecule has 0 aromatic heterocycles. The van der Waals surface area contributed by atoms with Crippen LogP contribution < -0.4 is 5.32 Å². The average Bonchev–Trinajstić information content (AvgIpc) is 2.39. The van der Waals surface area contributed by atoms with Gasteiger partial charge in [0.05, 0.1) is 5.56 Å². The van der Waals surface area contributed by atoms with Gasteiger partial charge in [-0.15, -0.1) is 0 Å². The molecule has 1 unspecified atom stereocenters. The van der Waals surface area contributed by atoms with E-state index in [0.29, 0.717) is 4.47 Å². The van der Waals surface area contributed by atoms with E-state index in [1.807, 2.05) is 0 Å². The number of hydrogen-bond donors (Lipinski definition) is 1. The molecule has 0 radical (unpaired) electrons. The van der Waals surface area contributed by atoms with Gasteiger partial charge in [0.2, 0.25) is 0 Å². The van der Waals surface area contributed by atoms with Crippen LogP contribution >= 0.6 is 15.9 Å². The third-order valence-corrected chi connectivity index (χ3v) is 3.54. The number of unbranched alkanes of at least 4 members (excludes halogenated alkanes) is 1. The van der Waals surface area contributed by atoms with Gasteiger partial charge >= 0.3 is 0 Å². The summed E-state index contributed by atoms with van der Waals surface area (Å²) >= 11 is 3.26. The maximum absolute atomic E-state index is 13.6. The summed E-state index contributed by atoms with van der Waals surface area (Å²) in [6, 6.07) is 4.55. The Kier molecular flexibility index (Phi) is 7.06. The lowest BCUT2D eigenvalue weighted by Crippen LogP contribution is -2.35. The summed E-state index contributed by atoms with van der Waals surface area (Å²) in [6.07, 6.45) is 5.07. The van der Waals surface area contributed by atoms with E-state index in [-0.39, 0.29) is 17.5 Å². The van der Waals surface area contributed by atoms with Crippen LogP contribution in [-0.4, -0.2) is 11.9 Å². The molecule has 1 N–H and O–H groups in total. The molecule has 106 valence electrons. The zero-order chi connectivity index (χ0) is 14.3. The Labute approximate surface area is 122 Å². The molecule has 1 aromatic carbocycles. The molecule has 0 spiro atoms. The molecule has 0 aliphatic carbocycles. The van der Waals surface area contributed by atoms with Gasteiger partial charge < -0.3 is 5.32 Å². The van der Waals surface area contributed by atoms with E-state index in [0.717, 1.165) is 32.1 Å². The van der Waals surface area contributed by atoms with E-state index in [1.54, 1.807) is 6.07 Å². The molecule has 19 heavy (non-hydrogen) atoms. The molecule has 2 nitrogen and oxygen atoms in total. The van der Waals surface area contributed by atoms with Crippen LogP contribution in [0.5, 0.6) is 0 Å². The highest BCUT2D eigenvalue weighted by Gasteiger charge is 2.16. The van der Waals surface area contributed by atoms with Gasteiger partial charge in [-0.05, 0) is 31.0 Å². The molecular formula is C15H21BrFNO. The normalized spacial score (nSPS) is 12.2. The maximum Gasteiger partial charge on any atom is 0.254 e. The minimum Gasteiger partial charge on any atom is -0.349 e. The monoisotopic (exact) mass is 329 g/mol. The smallest absolute Gasteiger partial charge is 0.254 e. The Morgan fingerprint density at radius 1 is 1.32 bits per heavy atom. The van der Waals surface area contributed by atoms with Crippen molar-refractivity contribution in [2.45, 2.75) is 52.0 Å². The van der Waals surface area contributed by atoms with Crippen LogP contribution in [0.1, 0.15) is 56.3 Å². The topological polar surface area (TPSA) is 29.1 Å². The number of rotatable bonds is 7. The highest BCUT2D eigenvalue weighted by atomic mass is 79.9. The molecule has 1 rings (SSSR count). The Balaban J connectivity index is 2.72. The van der Waals surface area contributed by atoms with Gasteiger partial charge in [0.25, 0.3) is 5.91 Å². The minimum absolute atomic E-state index is 0.104. The van der Waals surface area contributed by atoms with Crippen molar-refractivity contribution < 1.29 is 9.18 Å². The van der Waals surface area contributed by atoms with Crippen LogP contribution in [0.3, 0.4) is 0 Å². The largest absolute Gasteiger partial charge is 0.349 e. The Bertz CT molecular complexity index is 423. The first-order valence-electron chi connectivity index (χ1n) is 6.84. The fourth-order valence-corrected chi connectivity index (χ4v) is 2.38. The van der Waals surface area contributed by atoms with Crippen LogP contribution in [0, 0.1) is 5.82 Å². The summed E-state index contributed by atoms with van der Waals surface area (Å²) in [5, 5.41) is 2.94. The number of amides is 1. The summed E-state index contributed by atoms with van der Waals surface area (Å²) in [5.41, 5.74) is 0.104. The maximum atomic E-state index is 13.6. The lowest BCUT2D eigenvalue weighted by Gasteiger charge is -2.18. The van der Waals surface area contributed by atoms with Gasteiger partial charge in [-0.2, -0.15) is 0 Å². The quantitative estimate of drug-likeness (QED) is 0.773. The average molecular weight is 330 g/mol. The van der Waals surface area contributed by atoms with Gasteiger partial charge in [0.1, 0.15) is 5.82 Å². The second kappa shape index (κ2) is 8.31. The first-order valence-corrected chi connectivity index (χ1v) is 7.63. The van der Waals surface area contributed by atoms with Gasteiger partial charge in [0.15, 0.2) is 0 Å². The van der Waals surface area contributed by atoms with Crippen molar-refractivity contribution in [3.05, 3.63) is 34.1 Å². The molecule has 0 saturated carbocycles. The van der Waals surface area contributed by atoms with Crippen molar-refractivity contribution in [1.82, 2.24) is 5.32 Å². The van der Waals surface area contributed by atoms with E-state index in [4.69, 9.17) is 0 Å². The molecule has 0 bridgehead atoms. The lowest BCUT2D eigenvalue weighted by atomic mass is 10.0. The van der Waals surface area contributed by atoms with E-state index in [1.165, 1.54) is 12.1 Å². The Hall–Kier alpha value is -0.900. The van der Waals surface area contributed by atoms with E-state index in [9.17, 15) is 9.18 Å². The van der Waals surface area contributed by atoms with Crippen molar-refractivity contribution >= 4 is 21.8 Å². The van der Waals surface area contributed by atoms with Crippen LogP contribution in [0.2, 0.25) is 0 Å². The Morgan fingerprint density at radius 3 is 2.68 bits per heavy atom. The molecule has 0 fully saturated rings. The van der Waals surface area contributed by atoms with Crippen LogP contribution in [0.4, 0.5) is 4.39 Å². The summed E-state index contributed by atoms with van der Waals surface area (Å²) in [7, 11) is 0. The summed E-state index contributed by atoms with van der Waals surface area (Å²) in [6.45, 7) is 4.21. The fraction of sp³-hybridized carbons (Fsp3) is 0.533. The number of benzene rings is 1. The second-order valence-corrected chi connectivity index (χ2v) is 5.64. The molecule has 4 heteroatoms. The van der Waals surface area contributed by atoms with E-state index < -0.39 is 5.82 Å². The third-order valence-electron chi connectivity index (χ3n) is 3.05. The van der Waals surface area contributed by atoms with Gasteiger partial charge in [0, 0.05) is 10.5 Å². The van der Waals surface area contributed by atoms with E-state index in [2.05, 4.69) is 35.1 Å². The fourth-order valence-electron chi connectivity index (χ4n) is 2.02. The highest BCUT2D eigenvalue weighted by molar-refractivity contribution is 9.10. The van der Waals surface area contributed by atoms with Crippen molar-refractivity contribution in [3.63, 3.8) is 0 Å². The van der Waals surface area contributed by atoms with Crippen LogP contribution in [0.25, 0.3) is 0 Å². The van der Waals surface area contributed by atoms with E-state index >= 15 is 0 Å². The van der Waals surface area contributed by atoms with Crippen LogP contribution in [-0.2, 0) is 0 Å². The van der Waals surface area contributed by atoms with Crippen molar-refractivity contribution in [1.29, 1.82) is 0 Å². The summed E-state index contributed by atoms with van der Waals surface area (Å²) in [4.78, 5) is 12.1. The molecule has 0 saturated heterocycles. The van der Waals surface area contributed by atoms with Crippen molar-refractivity contribution in [2.24, 2.45) is 0 Å². The molecule has 1 aromatic rings. The number of nitrogens with one attached hydrogen (secondary N) is 1. The second-order valence-electron chi connectivity index (χ2n) is 4.73. The highest BCUT2D eigenvalue weighted by Crippen LogP contribution is 2.16. The summed E-state index contributed by atoms with van der Waals surface area (Å²) in [5.74, 6) is -0.806. The predicted molar refractivity (Wildman–Crippen MR) is 79.8 cm³/mol. The number of hydrogen-bond acceptors (Lipinski definition) is 1. The standard InChI is InChI=1S/C15H21BrFNO/c1-3-5-7-12(6-4-2)18-15(19)13-10-11(16)8-9-14(13)17/h8-10,12H,3-7H2,1-2H3,(H,18,19). The Morgan fingerprint density at radius 2 is 2.05 bits per heavy atom. The predicted octanol–water partition coefficient (Wildman–Crippen LogP) is 4.68. The molecule has 1 amide bonds. The first-order chi connectivity index (χ1) is 9.08. The van der Waals surface area contributed by atoms with Crippen LogP contribution in [0.15, 0.2) is 22.7 Å². The SMILES string of the molecule is CCCCC(CCC)NC(=O)c1cc(Br)ccc1F. The molecular weight excluding hydrogens is 309 g/mol. The molecule has 0 aliphatic heterocycles. The van der Waals surface area contributed by atoms with Gasteiger partial charge in [-0.1, -0.05) is 49.0 Å². The number of carbonyl (C=O) groups is 1. The van der Waals surface area contributed by atoms with Crippen molar-refractivity contribution in [3.8, 4) is 0 Å². The number of halogens is 2. The van der Waals surface area contributed by atoms with Crippen molar-refractivity contribution in [2.75, 3.05) is 0 Å². The minimum atomic E-state index is -0.480.